The number of fused-ring (bicyclic) bond motifs is 1. The van der Waals surface area contributed by atoms with Gasteiger partial charge in [-0.1, -0.05) is 42.1 Å². The third-order valence-electron chi connectivity index (χ3n) is 5.56. The van der Waals surface area contributed by atoms with Gasteiger partial charge in [0.2, 0.25) is 5.91 Å². The van der Waals surface area contributed by atoms with E-state index in [9.17, 15) is 13.2 Å². The van der Waals surface area contributed by atoms with E-state index in [1.54, 1.807) is 34.6 Å². The number of thiophene rings is 1. The highest BCUT2D eigenvalue weighted by molar-refractivity contribution is 8.00. The summed E-state index contributed by atoms with van der Waals surface area (Å²) in [6.07, 6.45) is 3.52. The molecular formula is C23H21N3O4S3. The van der Waals surface area contributed by atoms with Gasteiger partial charge in [0.05, 0.1) is 30.1 Å². The highest BCUT2D eigenvalue weighted by Crippen LogP contribution is 2.36. The molecule has 170 valence electrons. The molecule has 0 aliphatic carbocycles. The fourth-order valence-corrected chi connectivity index (χ4v) is 7.58. The Morgan fingerprint density at radius 3 is 2.76 bits per heavy atom. The fourth-order valence-electron chi connectivity index (χ4n) is 3.92. The van der Waals surface area contributed by atoms with Gasteiger partial charge in [-0.25, -0.2) is 18.4 Å². The molecule has 1 unspecified atom stereocenters. The summed E-state index contributed by atoms with van der Waals surface area (Å²) in [4.78, 5) is 25.6. The highest BCUT2D eigenvalue weighted by Gasteiger charge is 2.35. The highest BCUT2D eigenvalue weighted by atomic mass is 32.2. The van der Waals surface area contributed by atoms with E-state index in [0.717, 1.165) is 25.7 Å². The third kappa shape index (κ3) is 4.97. The molecule has 1 aromatic carbocycles. The van der Waals surface area contributed by atoms with E-state index >= 15 is 0 Å². The molecule has 1 fully saturated rings. The Morgan fingerprint density at radius 2 is 2.03 bits per heavy atom. The maximum atomic E-state index is 13.2. The molecule has 0 saturated carbocycles. The van der Waals surface area contributed by atoms with Crippen molar-refractivity contribution < 1.29 is 17.6 Å². The van der Waals surface area contributed by atoms with Crippen molar-refractivity contribution in [2.75, 3.05) is 17.3 Å². The molecule has 3 aromatic heterocycles. The molecule has 33 heavy (non-hydrogen) atoms. The second-order valence-electron chi connectivity index (χ2n) is 7.82. The lowest BCUT2D eigenvalue weighted by Gasteiger charge is -2.27. The summed E-state index contributed by atoms with van der Waals surface area (Å²) in [6.45, 7) is 0.252. The zero-order valence-corrected chi connectivity index (χ0v) is 20.0. The van der Waals surface area contributed by atoms with Gasteiger partial charge in [0.25, 0.3) is 0 Å². The van der Waals surface area contributed by atoms with Crippen LogP contribution in [-0.2, 0) is 21.2 Å². The van der Waals surface area contributed by atoms with Crippen molar-refractivity contribution in [1.82, 2.24) is 14.9 Å². The number of thioether (sulfide) groups is 1. The normalized spacial score (nSPS) is 17.4. The first kappa shape index (κ1) is 22.1. The van der Waals surface area contributed by atoms with Crippen molar-refractivity contribution in [3.05, 3.63) is 66.9 Å². The maximum Gasteiger partial charge on any atom is 0.233 e. The van der Waals surface area contributed by atoms with E-state index in [1.807, 2.05) is 18.2 Å². The topological polar surface area (TPSA) is 93.4 Å². The summed E-state index contributed by atoms with van der Waals surface area (Å²) in [6, 6.07) is 15.3. The second-order valence-corrected chi connectivity index (χ2v) is 12.0. The molecule has 5 rings (SSSR count). The Morgan fingerprint density at radius 1 is 1.18 bits per heavy atom. The lowest BCUT2D eigenvalue weighted by Crippen LogP contribution is -2.41. The zero-order valence-electron chi connectivity index (χ0n) is 17.6. The van der Waals surface area contributed by atoms with E-state index in [-0.39, 0.29) is 35.8 Å². The third-order valence-corrected chi connectivity index (χ3v) is 9.39. The van der Waals surface area contributed by atoms with Gasteiger partial charge in [0, 0.05) is 16.3 Å². The van der Waals surface area contributed by atoms with Crippen LogP contribution in [0.25, 0.3) is 20.7 Å². The molecule has 1 saturated heterocycles. The van der Waals surface area contributed by atoms with Crippen LogP contribution >= 0.6 is 23.1 Å². The lowest BCUT2D eigenvalue weighted by atomic mass is 10.2. The molecule has 4 heterocycles. The molecule has 1 aliphatic heterocycles. The number of amides is 1. The first-order valence-electron chi connectivity index (χ1n) is 10.4. The first-order chi connectivity index (χ1) is 16.0. The summed E-state index contributed by atoms with van der Waals surface area (Å²) in [7, 11) is -3.12. The standard InChI is InChI=1S/C23H21N3O4S3/c27-21(26(12-18-7-4-9-30-18)17-8-10-33(28,29)14-17)13-31-22-19-11-20(16-5-2-1-3-6-16)32-23(19)25-15-24-22/h1-7,9,11,15,17H,8,10,12-14H2. The van der Waals surface area contributed by atoms with Crippen LogP contribution in [0.15, 0.2) is 70.6 Å². The summed E-state index contributed by atoms with van der Waals surface area (Å²) < 4.78 is 29.5. The van der Waals surface area contributed by atoms with E-state index in [1.165, 1.54) is 18.1 Å². The van der Waals surface area contributed by atoms with Gasteiger partial charge in [0.15, 0.2) is 9.84 Å². The zero-order chi connectivity index (χ0) is 22.8. The minimum absolute atomic E-state index is 0.00711. The first-order valence-corrected chi connectivity index (χ1v) is 14.1. The maximum absolute atomic E-state index is 13.2. The SMILES string of the molecule is O=C(CSc1ncnc2sc(-c3ccccc3)cc12)N(Cc1ccco1)C1CCS(=O)(=O)C1. The van der Waals surface area contributed by atoms with Gasteiger partial charge in [-0.2, -0.15) is 0 Å². The molecule has 0 spiro atoms. The van der Waals surface area contributed by atoms with Gasteiger partial charge in [-0.15, -0.1) is 11.3 Å². The fraction of sp³-hybridized carbons (Fsp3) is 0.261. The lowest BCUT2D eigenvalue weighted by molar-refractivity contribution is -0.131. The molecule has 0 N–H and O–H groups in total. The predicted molar refractivity (Wildman–Crippen MR) is 130 cm³/mol. The quantitative estimate of drug-likeness (QED) is 0.277. The molecule has 1 atom stereocenters. The van der Waals surface area contributed by atoms with Gasteiger partial charge in [-0.05, 0) is 30.2 Å². The predicted octanol–water partition coefficient (Wildman–Crippen LogP) is 4.26. The Labute approximate surface area is 199 Å². The second kappa shape index (κ2) is 9.28. The summed E-state index contributed by atoms with van der Waals surface area (Å²) in [5.41, 5.74) is 1.11. The molecular weight excluding hydrogens is 478 g/mol. The Kier molecular flexibility index (Phi) is 6.22. The van der Waals surface area contributed by atoms with Crippen molar-refractivity contribution >= 4 is 49.1 Å². The van der Waals surface area contributed by atoms with Crippen molar-refractivity contribution in [2.45, 2.75) is 24.0 Å². The number of hydrogen-bond acceptors (Lipinski definition) is 8. The van der Waals surface area contributed by atoms with Crippen LogP contribution in [0, 0.1) is 0 Å². The van der Waals surface area contributed by atoms with Crippen LogP contribution in [0.2, 0.25) is 0 Å². The number of benzene rings is 1. The summed E-state index contributed by atoms with van der Waals surface area (Å²) in [5, 5.41) is 1.66. The van der Waals surface area contributed by atoms with Crippen LogP contribution in [0.1, 0.15) is 12.2 Å². The van der Waals surface area contributed by atoms with Gasteiger partial charge in [0.1, 0.15) is 21.9 Å². The number of nitrogens with zero attached hydrogens (tertiary/aromatic N) is 3. The Bertz CT molecular complexity index is 1370. The van der Waals surface area contributed by atoms with E-state index in [2.05, 4.69) is 28.2 Å². The van der Waals surface area contributed by atoms with Crippen LogP contribution in [0.4, 0.5) is 0 Å². The molecule has 0 radical (unpaired) electrons. The monoisotopic (exact) mass is 499 g/mol. The van der Waals surface area contributed by atoms with Crippen LogP contribution < -0.4 is 0 Å². The van der Waals surface area contributed by atoms with Gasteiger partial charge < -0.3 is 9.32 Å². The molecule has 1 aliphatic rings. The number of hydrogen-bond donors (Lipinski definition) is 0. The minimum Gasteiger partial charge on any atom is -0.467 e. The summed E-state index contributed by atoms with van der Waals surface area (Å²) >= 11 is 2.94. The Balaban J connectivity index is 1.35. The van der Waals surface area contributed by atoms with Crippen molar-refractivity contribution in [3.63, 3.8) is 0 Å². The van der Waals surface area contributed by atoms with E-state index in [0.29, 0.717) is 12.2 Å². The number of sulfone groups is 1. The Hall–Kier alpha value is -2.69. The summed E-state index contributed by atoms with van der Waals surface area (Å²) in [5.74, 6) is 0.750. The van der Waals surface area contributed by atoms with E-state index < -0.39 is 9.84 Å². The molecule has 1 amide bonds. The molecule has 10 heteroatoms. The average molecular weight is 500 g/mol. The van der Waals surface area contributed by atoms with Crippen molar-refractivity contribution in [2.24, 2.45) is 0 Å². The number of rotatable bonds is 7. The number of carbonyl (C=O) groups excluding carboxylic acids is 1. The molecule has 4 aromatic rings. The van der Waals surface area contributed by atoms with Crippen LogP contribution in [-0.4, -0.2) is 52.5 Å². The van der Waals surface area contributed by atoms with E-state index in [4.69, 9.17) is 4.42 Å². The largest absolute Gasteiger partial charge is 0.467 e. The average Bonchev–Trinajstić information content (AvgIpc) is 3.56. The number of carbonyl (C=O) groups is 1. The van der Waals surface area contributed by atoms with Crippen LogP contribution in [0.5, 0.6) is 0 Å². The van der Waals surface area contributed by atoms with Gasteiger partial charge >= 0.3 is 0 Å². The number of furan rings is 1. The smallest absolute Gasteiger partial charge is 0.233 e. The minimum atomic E-state index is -3.12. The van der Waals surface area contributed by atoms with Crippen molar-refractivity contribution in [1.29, 1.82) is 0 Å². The van der Waals surface area contributed by atoms with Crippen molar-refractivity contribution in [3.8, 4) is 10.4 Å². The molecule has 7 nitrogen and oxygen atoms in total. The number of aromatic nitrogens is 2. The van der Waals surface area contributed by atoms with Crippen LogP contribution in [0.3, 0.4) is 0 Å². The molecule has 0 bridgehead atoms. The van der Waals surface area contributed by atoms with Gasteiger partial charge in [-0.3, -0.25) is 4.79 Å².